The Kier molecular flexibility index (Phi) is 12.8. The lowest BCUT2D eigenvalue weighted by atomic mass is 9.93. The molecule has 3 aromatic carbocycles. The Morgan fingerprint density at radius 3 is 1.72 bits per heavy atom. The van der Waals surface area contributed by atoms with Crippen molar-refractivity contribution in [1.29, 1.82) is 0 Å². The van der Waals surface area contributed by atoms with E-state index in [0.717, 1.165) is 11.1 Å². The third kappa shape index (κ3) is 12.2. The van der Waals surface area contributed by atoms with E-state index in [-0.39, 0.29) is 18.6 Å². The van der Waals surface area contributed by atoms with Crippen LogP contribution >= 0.6 is 0 Å². The number of aromatic hydroxyl groups is 1. The number of benzene rings is 3. The number of phenolic OH excluding ortho intramolecular Hbond substituents is 1. The van der Waals surface area contributed by atoms with Crippen molar-refractivity contribution in [2.75, 3.05) is 0 Å². The summed E-state index contributed by atoms with van der Waals surface area (Å²) in [5, 5.41) is 15.5. The summed E-state index contributed by atoms with van der Waals surface area (Å²) >= 11 is 0. The van der Waals surface area contributed by atoms with Gasteiger partial charge in [0.1, 0.15) is 35.1 Å². The number of nitrogens with one attached hydrogen (secondary N) is 2. The molecule has 0 aliphatic rings. The van der Waals surface area contributed by atoms with E-state index in [4.69, 9.17) is 9.47 Å². The Balaban J connectivity index is 2.13. The van der Waals surface area contributed by atoms with Gasteiger partial charge in [0.2, 0.25) is 11.8 Å². The van der Waals surface area contributed by atoms with E-state index in [1.807, 2.05) is 49.4 Å². The molecule has 10 nitrogen and oxygen atoms in total. The lowest BCUT2D eigenvalue weighted by Gasteiger charge is -2.43. The van der Waals surface area contributed by atoms with Crippen LogP contribution in [0.3, 0.4) is 0 Å². The van der Waals surface area contributed by atoms with Crippen LogP contribution in [-0.4, -0.2) is 62.7 Å². The van der Waals surface area contributed by atoms with Gasteiger partial charge >= 0.3 is 12.1 Å². The van der Waals surface area contributed by atoms with E-state index in [9.17, 15) is 24.3 Å². The predicted molar refractivity (Wildman–Crippen MR) is 193 cm³/mol. The Morgan fingerprint density at radius 2 is 1.20 bits per heavy atom. The number of hydrogen-bond acceptors (Lipinski definition) is 7. The van der Waals surface area contributed by atoms with Gasteiger partial charge in [-0.3, -0.25) is 9.59 Å². The first-order valence-corrected chi connectivity index (χ1v) is 16.9. The van der Waals surface area contributed by atoms with Gasteiger partial charge < -0.3 is 30.1 Å². The zero-order valence-electron chi connectivity index (χ0n) is 31.0. The molecule has 10 heteroatoms. The van der Waals surface area contributed by atoms with Crippen LogP contribution in [0.5, 0.6) is 5.75 Å². The number of nitrogens with zero attached hydrogens (tertiary/aromatic N) is 1. The van der Waals surface area contributed by atoms with Crippen molar-refractivity contribution in [3.8, 4) is 5.75 Å². The molecule has 0 radical (unpaired) electrons. The first-order valence-electron chi connectivity index (χ1n) is 16.9. The molecule has 0 saturated heterocycles. The Morgan fingerprint density at radius 1 is 0.680 bits per heavy atom. The van der Waals surface area contributed by atoms with Crippen LogP contribution in [0.15, 0.2) is 78.9 Å². The zero-order chi connectivity index (χ0) is 37.4. The predicted octanol–water partition coefficient (Wildman–Crippen LogP) is 6.57. The number of amides is 3. The number of carbonyl (C=O) groups is 4. The highest BCUT2D eigenvalue weighted by molar-refractivity contribution is 5.94. The maximum atomic E-state index is 14.9. The number of esters is 1. The van der Waals surface area contributed by atoms with Crippen molar-refractivity contribution in [2.24, 2.45) is 0 Å². The van der Waals surface area contributed by atoms with E-state index in [2.05, 4.69) is 10.6 Å². The standard InChI is InChI=1S/C40H53N3O7/c1-26-16-20-29(21-17-26)33(34(45)41-32(36(47)49-39(5,6)7)25-27-14-12-11-13-15-27)43(38(2,3)4)35(46)31(42-37(48)50-40(8,9)10)24-28-18-22-30(44)23-19-28/h11-23,31-33,44H,24-25H2,1-10H3,(H,41,45)(H,42,48). The Hall–Kier alpha value is -4.86. The molecule has 3 atom stereocenters. The van der Waals surface area contributed by atoms with Crippen LogP contribution < -0.4 is 10.6 Å². The monoisotopic (exact) mass is 687 g/mol. The summed E-state index contributed by atoms with van der Waals surface area (Å²) in [4.78, 5) is 57.7. The lowest BCUT2D eigenvalue weighted by Crippen LogP contribution is -2.60. The van der Waals surface area contributed by atoms with Gasteiger partial charge in [0.05, 0.1) is 0 Å². The number of ether oxygens (including phenoxy) is 2. The molecule has 0 aliphatic heterocycles. The fourth-order valence-electron chi connectivity index (χ4n) is 5.36. The Labute approximate surface area is 296 Å². The number of alkyl carbamates (subject to hydrolysis) is 1. The van der Waals surface area contributed by atoms with Crippen molar-refractivity contribution < 1.29 is 33.8 Å². The summed E-state index contributed by atoms with van der Waals surface area (Å²) in [6.45, 7) is 17.8. The van der Waals surface area contributed by atoms with Crippen molar-refractivity contribution in [3.05, 3.63) is 101 Å². The Bertz CT molecular complexity index is 1600. The zero-order valence-corrected chi connectivity index (χ0v) is 31.0. The van der Waals surface area contributed by atoms with Gasteiger partial charge in [-0.2, -0.15) is 0 Å². The second-order valence-corrected chi connectivity index (χ2v) is 15.5. The quantitative estimate of drug-likeness (QED) is 0.194. The molecule has 3 aromatic rings. The summed E-state index contributed by atoms with van der Waals surface area (Å²) in [6.07, 6.45) is -0.593. The number of rotatable bonds is 11. The average molecular weight is 688 g/mol. The van der Waals surface area contributed by atoms with E-state index < -0.39 is 58.7 Å². The number of phenols is 1. The highest BCUT2D eigenvalue weighted by Crippen LogP contribution is 2.31. The molecule has 3 N–H and O–H groups in total. The van der Waals surface area contributed by atoms with Gasteiger partial charge in [0.25, 0.3) is 0 Å². The number of hydrogen-bond donors (Lipinski definition) is 3. The second-order valence-electron chi connectivity index (χ2n) is 15.5. The van der Waals surface area contributed by atoms with Gasteiger partial charge in [-0.05, 0) is 98.1 Å². The van der Waals surface area contributed by atoms with Gasteiger partial charge in [0, 0.05) is 18.4 Å². The fraction of sp³-hybridized carbons (Fsp3) is 0.450. The molecule has 0 aromatic heterocycles. The maximum Gasteiger partial charge on any atom is 0.408 e. The molecule has 3 unspecified atom stereocenters. The number of aryl methyl sites for hydroxylation is 1. The maximum absolute atomic E-state index is 14.9. The van der Waals surface area contributed by atoms with Gasteiger partial charge in [0.15, 0.2) is 0 Å². The molecule has 0 bridgehead atoms. The van der Waals surface area contributed by atoms with Gasteiger partial charge in [-0.15, -0.1) is 0 Å². The molecule has 0 fully saturated rings. The molecule has 270 valence electrons. The van der Waals surface area contributed by atoms with Crippen molar-refractivity contribution in [2.45, 2.75) is 117 Å². The molecule has 0 aliphatic carbocycles. The molecular formula is C40H53N3O7. The van der Waals surface area contributed by atoms with Crippen LogP contribution in [0, 0.1) is 6.92 Å². The fourth-order valence-corrected chi connectivity index (χ4v) is 5.36. The van der Waals surface area contributed by atoms with E-state index >= 15 is 0 Å². The van der Waals surface area contributed by atoms with Crippen LogP contribution in [0.1, 0.15) is 90.6 Å². The first-order chi connectivity index (χ1) is 23.1. The molecule has 0 heterocycles. The SMILES string of the molecule is Cc1ccc(C(C(=O)NC(Cc2ccccc2)C(=O)OC(C)(C)C)N(C(=O)C(Cc2ccc(O)cc2)NC(=O)OC(C)(C)C)C(C)(C)C)cc1. The normalized spacial score (nSPS) is 13.7. The van der Waals surface area contributed by atoms with Crippen molar-refractivity contribution >= 4 is 23.9 Å². The molecule has 50 heavy (non-hydrogen) atoms. The largest absolute Gasteiger partial charge is 0.508 e. The van der Waals surface area contributed by atoms with Crippen LogP contribution in [-0.2, 0) is 36.7 Å². The minimum absolute atomic E-state index is 0.0434. The molecule has 0 saturated carbocycles. The summed E-state index contributed by atoms with van der Waals surface area (Å²) in [5.41, 5.74) is 0.335. The smallest absolute Gasteiger partial charge is 0.408 e. The summed E-state index contributed by atoms with van der Waals surface area (Å²) < 4.78 is 11.3. The second kappa shape index (κ2) is 16.2. The number of carbonyl (C=O) groups excluding carboxylic acids is 4. The van der Waals surface area contributed by atoms with Gasteiger partial charge in [-0.1, -0.05) is 72.3 Å². The van der Waals surface area contributed by atoms with Crippen LogP contribution in [0.2, 0.25) is 0 Å². The van der Waals surface area contributed by atoms with Gasteiger partial charge in [-0.25, -0.2) is 9.59 Å². The van der Waals surface area contributed by atoms with E-state index in [0.29, 0.717) is 11.1 Å². The minimum atomic E-state index is -1.22. The van der Waals surface area contributed by atoms with Crippen LogP contribution in [0.4, 0.5) is 4.79 Å². The summed E-state index contributed by atoms with van der Waals surface area (Å²) in [7, 11) is 0. The van der Waals surface area contributed by atoms with Crippen LogP contribution in [0.25, 0.3) is 0 Å². The summed E-state index contributed by atoms with van der Waals surface area (Å²) in [6, 6.07) is 19.4. The first kappa shape index (κ1) is 39.6. The molecular weight excluding hydrogens is 634 g/mol. The minimum Gasteiger partial charge on any atom is -0.508 e. The molecule has 3 rings (SSSR count). The van der Waals surface area contributed by atoms with E-state index in [1.54, 1.807) is 86.6 Å². The highest BCUT2D eigenvalue weighted by Gasteiger charge is 2.43. The van der Waals surface area contributed by atoms with E-state index in [1.165, 1.54) is 17.0 Å². The molecule has 0 spiro atoms. The topological polar surface area (TPSA) is 134 Å². The summed E-state index contributed by atoms with van der Waals surface area (Å²) in [5.74, 6) is -1.69. The molecule has 3 amide bonds. The third-order valence-electron chi connectivity index (χ3n) is 7.52. The van der Waals surface area contributed by atoms with Crippen molar-refractivity contribution in [3.63, 3.8) is 0 Å². The average Bonchev–Trinajstić information content (AvgIpc) is 2.98. The third-order valence-corrected chi connectivity index (χ3v) is 7.52. The highest BCUT2D eigenvalue weighted by atomic mass is 16.6. The lowest BCUT2D eigenvalue weighted by molar-refractivity contribution is -0.159. The van der Waals surface area contributed by atoms with Crippen molar-refractivity contribution in [1.82, 2.24) is 15.5 Å².